The summed E-state index contributed by atoms with van der Waals surface area (Å²) in [7, 11) is -2.86. The minimum absolute atomic E-state index is 0.0223. The quantitative estimate of drug-likeness (QED) is 0.734. The van der Waals surface area contributed by atoms with Gasteiger partial charge in [0.15, 0.2) is 14.9 Å². The highest BCUT2D eigenvalue weighted by atomic mass is 32.2. The van der Waals surface area contributed by atoms with Crippen molar-refractivity contribution < 1.29 is 8.42 Å². The zero-order valence-electron chi connectivity index (χ0n) is 9.82. The van der Waals surface area contributed by atoms with Gasteiger partial charge >= 0.3 is 0 Å². The molecule has 0 aliphatic carbocycles. The van der Waals surface area contributed by atoms with Gasteiger partial charge in [0.2, 0.25) is 0 Å². The maximum Gasteiger partial charge on any atom is 0.166 e. The van der Waals surface area contributed by atoms with Gasteiger partial charge < -0.3 is 10.6 Å². The van der Waals surface area contributed by atoms with Crippen LogP contribution >= 0.6 is 12.2 Å². The Balaban J connectivity index is 2.34. The summed E-state index contributed by atoms with van der Waals surface area (Å²) in [5.41, 5.74) is 0. The maximum absolute atomic E-state index is 11.4. The zero-order valence-corrected chi connectivity index (χ0v) is 11.5. The Morgan fingerprint density at radius 1 is 1.50 bits per heavy atom. The minimum atomic E-state index is -2.86. The van der Waals surface area contributed by atoms with Crippen LogP contribution < -0.4 is 10.6 Å². The van der Waals surface area contributed by atoms with Crippen LogP contribution in [-0.4, -0.2) is 37.6 Å². The molecule has 0 aromatic carbocycles. The second-order valence-corrected chi connectivity index (χ2v) is 7.34. The lowest BCUT2D eigenvalue weighted by atomic mass is 10.2. The molecule has 2 N–H and O–H groups in total. The Morgan fingerprint density at radius 3 is 2.75 bits per heavy atom. The summed E-state index contributed by atoms with van der Waals surface area (Å²) in [5.74, 6) is 1.04. The maximum atomic E-state index is 11.4. The van der Waals surface area contributed by atoms with Crippen LogP contribution in [0.2, 0.25) is 0 Å². The summed E-state index contributed by atoms with van der Waals surface area (Å²) in [6.07, 6.45) is 1.61. The third-order valence-corrected chi connectivity index (χ3v) is 4.55. The first-order valence-electron chi connectivity index (χ1n) is 5.64. The van der Waals surface area contributed by atoms with Crippen LogP contribution in [0, 0.1) is 5.92 Å². The Labute approximate surface area is 103 Å². The van der Waals surface area contributed by atoms with Crippen molar-refractivity contribution >= 4 is 27.2 Å². The lowest BCUT2D eigenvalue weighted by Gasteiger charge is -2.24. The molecule has 0 aromatic rings. The standard InChI is InChI=1S/C10H20N2O2S2/c1-8(2)6-11-10(15)12-9-4-3-5-16(13,14)7-9/h8-9H,3-7H2,1-2H3,(H2,11,12,15). The van der Waals surface area contributed by atoms with E-state index in [1.165, 1.54) is 0 Å². The van der Waals surface area contributed by atoms with Crippen LogP contribution in [0.4, 0.5) is 0 Å². The van der Waals surface area contributed by atoms with E-state index in [-0.39, 0.29) is 11.8 Å². The van der Waals surface area contributed by atoms with Crippen LogP contribution in [0.5, 0.6) is 0 Å². The van der Waals surface area contributed by atoms with Crippen molar-refractivity contribution in [2.75, 3.05) is 18.1 Å². The van der Waals surface area contributed by atoms with E-state index in [4.69, 9.17) is 12.2 Å². The minimum Gasteiger partial charge on any atom is -0.362 e. The molecule has 1 unspecified atom stereocenters. The fourth-order valence-electron chi connectivity index (χ4n) is 1.67. The molecular formula is C10H20N2O2S2. The molecule has 1 fully saturated rings. The van der Waals surface area contributed by atoms with E-state index >= 15 is 0 Å². The topological polar surface area (TPSA) is 58.2 Å². The Bertz CT molecular complexity index is 339. The van der Waals surface area contributed by atoms with E-state index in [0.717, 1.165) is 19.4 Å². The number of rotatable bonds is 3. The van der Waals surface area contributed by atoms with Gasteiger partial charge in [-0.3, -0.25) is 0 Å². The fraction of sp³-hybridized carbons (Fsp3) is 0.900. The van der Waals surface area contributed by atoms with E-state index in [2.05, 4.69) is 24.5 Å². The molecule has 0 amide bonds. The molecule has 0 radical (unpaired) electrons. The number of sulfone groups is 1. The number of hydrogen-bond acceptors (Lipinski definition) is 3. The molecule has 1 aliphatic rings. The number of nitrogens with one attached hydrogen (secondary N) is 2. The van der Waals surface area contributed by atoms with Gasteiger partial charge in [0.05, 0.1) is 11.5 Å². The first-order valence-corrected chi connectivity index (χ1v) is 7.87. The molecule has 0 bridgehead atoms. The highest BCUT2D eigenvalue weighted by Crippen LogP contribution is 2.11. The van der Waals surface area contributed by atoms with Crippen molar-refractivity contribution in [2.45, 2.75) is 32.7 Å². The summed E-state index contributed by atoms with van der Waals surface area (Å²) in [6.45, 7) is 5.01. The second-order valence-electron chi connectivity index (χ2n) is 4.70. The Morgan fingerprint density at radius 2 is 2.19 bits per heavy atom. The Kier molecular flexibility index (Phi) is 4.98. The number of hydrogen-bond donors (Lipinski definition) is 2. The van der Waals surface area contributed by atoms with Crippen molar-refractivity contribution in [3.05, 3.63) is 0 Å². The second kappa shape index (κ2) is 5.82. The third kappa shape index (κ3) is 5.12. The molecule has 94 valence electrons. The van der Waals surface area contributed by atoms with Crippen LogP contribution in [0.25, 0.3) is 0 Å². The summed E-state index contributed by atoms with van der Waals surface area (Å²) in [4.78, 5) is 0. The molecule has 1 saturated heterocycles. The van der Waals surface area contributed by atoms with Gasteiger partial charge in [-0.25, -0.2) is 8.42 Å². The van der Waals surface area contributed by atoms with Gasteiger partial charge in [-0.1, -0.05) is 13.8 Å². The van der Waals surface area contributed by atoms with Crippen molar-refractivity contribution in [2.24, 2.45) is 5.92 Å². The first-order chi connectivity index (χ1) is 7.39. The SMILES string of the molecule is CC(C)CNC(=S)NC1CCCS(=O)(=O)C1. The molecule has 16 heavy (non-hydrogen) atoms. The molecular weight excluding hydrogens is 244 g/mol. The lowest BCUT2D eigenvalue weighted by Crippen LogP contribution is -2.47. The molecule has 6 heteroatoms. The molecule has 1 aliphatic heterocycles. The Hall–Kier alpha value is -0.360. The molecule has 0 aromatic heterocycles. The molecule has 1 rings (SSSR count). The van der Waals surface area contributed by atoms with E-state index in [9.17, 15) is 8.42 Å². The van der Waals surface area contributed by atoms with Crippen LogP contribution in [0.1, 0.15) is 26.7 Å². The van der Waals surface area contributed by atoms with E-state index in [0.29, 0.717) is 16.8 Å². The van der Waals surface area contributed by atoms with Crippen LogP contribution in [-0.2, 0) is 9.84 Å². The van der Waals surface area contributed by atoms with Gasteiger partial charge in [-0.05, 0) is 31.0 Å². The summed E-state index contributed by atoms with van der Waals surface area (Å²) >= 11 is 5.11. The van der Waals surface area contributed by atoms with Gasteiger partial charge in [-0.15, -0.1) is 0 Å². The zero-order chi connectivity index (χ0) is 12.2. The monoisotopic (exact) mass is 264 g/mol. The highest BCUT2D eigenvalue weighted by molar-refractivity contribution is 7.91. The lowest BCUT2D eigenvalue weighted by molar-refractivity contribution is 0.526. The summed E-state index contributed by atoms with van der Waals surface area (Å²) < 4.78 is 22.8. The smallest absolute Gasteiger partial charge is 0.166 e. The van der Waals surface area contributed by atoms with Gasteiger partial charge in [0.1, 0.15) is 0 Å². The average molecular weight is 264 g/mol. The molecule has 4 nitrogen and oxygen atoms in total. The average Bonchev–Trinajstić information content (AvgIpc) is 2.13. The van der Waals surface area contributed by atoms with E-state index < -0.39 is 9.84 Å². The van der Waals surface area contributed by atoms with Gasteiger partial charge in [0, 0.05) is 12.6 Å². The first kappa shape index (κ1) is 13.7. The largest absolute Gasteiger partial charge is 0.362 e. The van der Waals surface area contributed by atoms with Gasteiger partial charge in [-0.2, -0.15) is 0 Å². The summed E-state index contributed by atoms with van der Waals surface area (Å²) in [5, 5.41) is 6.72. The van der Waals surface area contributed by atoms with Crippen molar-refractivity contribution in [3.63, 3.8) is 0 Å². The molecule has 1 heterocycles. The number of thiocarbonyl (C=S) groups is 1. The fourth-order valence-corrected chi connectivity index (χ4v) is 3.56. The molecule has 0 spiro atoms. The molecule has 1 atom stereocenters. The summed E-state index contributed by atoms with van der Waals surface area (Å²) in [6, 6.07) is -0.0223. The third-order valence-electron chi connectivity index (χ3n) is 2.47. The van der Waals surface area contributed by atoms with E-state index in [1.807, 2.05) is 0 Å². The van der Waals surface area contributed by atoms with Crippen molar-refractivity contribution in [3.8, 4) is 0 Å². The predicted molar refractivity (Wildman–Crippen MR) is 70.3 cm³/mol. The van der Waals surface area contributed by atoms with Crippen LogP contribution in [0.15, 0.2) is 0 Å². The van der Waals surface area contributed by atoms with Crippen molar-refractivity contribution in [1.82, 2.24) is 10.6 Å². The highest BCUT2D eigenvalue weighted by Gasteiger charge is 2.24. The van der Waals surface area contributed by atoms with Crippen molar-refractivity contribution in [1.29, 1.82) is 0 Å². The van der Waals surface area contributed by atoms with Gasteiger partial charge in [0.25, 0.3) is 0 Å². The normalized spacial score (nSPS) is 24.1. The predicted octanol–water partition coefficient (Wildman–Crippen LogP) is 0.684. The van der Waals surface area contributed by atoms with Crippen LogP contribution in [0.3, 0.4) is 0 Å². The molecule has 0 saturated carbocycles. The van der Waals surface area contributed by atoms with E-state index in [1.54, 1.807) is 0 Å².